The number of alkyl halides is 3. The van der Waals surface area contributed by atoms with Crippen molar-refractivity contribution in [3.63, 3.8) is 0 Å². The number of thiazole rings is 1. The lowest BCUT2D eigenvalue weighted by Crippen LogP contribution is -2.45. The first-order valence-corrected chi connectivity index (χ1v) is 8.58. The van der Waals surface area contributed by atoms with Crippen LogP contribution in [0.3, 0.4) is 0 Å². The zero-order valence-corrected chi connectivity index (χ0v) is 17.2. The summed E-state index contributed by atoms with van der Waals surface area (Å²) in [4.78, 5) is 9.68. The molecule has 4 nitrogen and oxygen atoms in total. The predicted molar refractivity (Wildman–Crippen MR) is 102 cm³/mol. The summed E-state index contributed by atoms with van der Waals surface area (Å²) >= 11 is 1.63. The Morgan fingerprint density at radius 1 is 1.25 bits per heavy atom. The Bertz CT molecular complexity index is 551. The van der Waals surface area contributed by atoms with Crippen LogP contribution in [0.15, 0.2) is 4.99 Å². The second kappa shape index (κ2) is 9.21. The number of halogens is 4. The Balaban J connectivity index is 0.00000288. The lowest BCUT2D eigenvalue weighted by Gasteiger charge is -2.31. The first kappa shape index (κ1) is 21.5. The Morgan fingerprint density at radius 3 is 2.33 bits per heavy atom. The van der Waals surface area contributed by atoms with Crippen molar-refractivity contribution in [2.45, 2.75) is 58.3 Å². The van der Waals surface area contributed by atoms with Crippen molar-refractivity contribution in [3.8, 4) is 0 Å². The maximum Gasteiger partial charge on any atom is 0.391 e. The smallest absolute Gasteiger partial charge is 0.354 e. The van der Waals surface area contributed by atoms with Gasteiger partial charge in [-0.3, -0.25) is 4.99 Å². The molecule has 2 N–H and O–H groups in total. The van der Waals surface area contributed by atoms with Gasteiger partial charge < -0.3 is 10.6 Å². The van der Waals surface area contributed by atoms with Gasteiger partial charge in [0.1, 0.15) is 0 Å². The minimum atomic E-state index is -4.06. The molecule has 1 aromatic rings. The van der Waals surface area contributed by atoms with Crippen molar-refractivity contribution in [2.75, 3.05) is 7.05 Å². The molecular formula is C15H24F3IN4S. The van der Waals surface area contributed by atoms with Gasteiger partial charge in [-0.15, -0.1) is 35.3 Å². The fraction of sp³-hybridized carbons (Fsp3) is 0.733. The molecule has 2 rings (SSSR count). The molecule has 1 aliphatic rings. The molecule has 138 valence electrons. The lowest BCUT2D eigenvalue weighted by molar-refractivity contribution is -0.182. The molecule has 9 heteroatoms. The molecule has 0 spiro atoms. The van der Waals surface area contributed by atoms with E-state index in [1.807, 2.05) is 13.8 Å². The first-order valence-electron chi connectivity index (χ1n) is 7.76. The van der Waals surface area contributed by atoms with Gasteiger partial charge in [-0.2, -0.15) is 13.2 Å². The molecule has 24 heavy (non-hydrogen) atoms. The molecular weight excluding hydrogens is 452 g/mol. The average molecular weight is 476 g/mol. The third-order valence-corrected chi connectivity index (χ3v) is 5.24. The maximum absolute atomic E-state index is 12.7. The van der Waals surface area contributed by atoms with Crippen molar-refractivity contribution in [1.29, 1.82) is 0 Å². The number of aliphatic imine (C=N–C) groups is 1. The normalized spacial score (nSPS) is 22.0. The topological polar surface area (TPSA) is 49.3 Å². The summed E-state index contributed by atoms with van der Waals surface area (Å²) in [7, 11) is 1.67. The van der Waals surface area contributed by atoms with Crippen LogP contribution in [0.5, 0.6) is 0 Å². The van der Waals surface area contributed by atoms with Crippen molar-refractivity contribution in [3.05, 3.63) is 15.6 Å². The van der Waals surface area contributed by atoms with E-state index in [9.17, 15) is 13.2 Å². The van der Waals surface area contributed by atoms with Crippen LogP contribution < -0.4 is 10.6 Å². The van der Waals surface area contributed by atoms with Crippen molar-refractivity contribution in [1.82, 2.24) is 15.6 Å². The number of hydrogen-bond acceptors (Lipinski definition) is 3. The third-order valence-electron chi connectivity index (χ3n) is 4.17. The summed E-state index contributed by atoms with van der Waals surface area (Å²) in [6, 6.07) is 0.0455. The van der Waals surface area contributed by atoms with E-state index < -0.39 is 12.1 Å². The minimum absolute atomic E-state index is 0. The van der Waals surface area contributed by atoms with Crippen molar-refractivity contribution in [2.24, 2.45) is 10.9 Å². The van der Waals surface area contributed by atoms with Crippen LogP contribution in [0.2, 0.25) is 0 Å². The Kier molecular flexibility index (Phi) is 8.24. The van der Waals surface area contributed by atoms with Crippen LogP contribution >= 0.6 is 35.3 Å². The Labute approximate surface area is 161 Å². The fourth-order valence-corrected chi connectivity index (χ4v) is 3.73. The molecule has 0 bridgehead atoms. The van der Waals surface area contributed by atoms with E-state index in [0.717, 1.165) is 15.6 Å². The summed E-state index contributed by atoms with van der Waals surface area (Å²) in [5.41, 5.74) is 1.00. The number of hydrogen-bond donors (Lipinski definition) is 2. The number of nitrogens with one attached hydrogen (secondary N) is 2. The SMILES string of the molecule is CN=C(NCc1sc(C)nc1C)NC1CCC(C(F)(F)F)CC1.I. The number of aryl methyl sites for hydroxylation is 2. The summed E-state index contributed by atoms with van der Waals surface area (Å²) in [5.74, 6) is -0.524. The van der Waals surface area contributed by atoms with Crippen LogP contribution in [-0.4, -0.2) is 30.2 Å². The summed E-state index contributed by atoms with van der Waals surface area (Å²) in [6.45, 7) is 4.55. The van der Waals surface area contributed by atoms with E-state index in [1.165, 1.54) is 0 Å². The van der Waals surface area contributed by atoms with E-state index in [-0.39, 0.29) is 42.9 Å². The van der Waals surface area contributed by atoms with Crippen LogP contribution in [0.25, 0.3) is 0 Å². The van der Waals surface area contributed by atoms with Gasteiger partial charge in [0.05, 0.1) is 23.2 Å². The molecule has 1 aromatic heterocycles. The Morgan fingerprint density at radius 2 is 1.88 bits per heavy atom. The number of rotatable bonds is 3. The van der Waals surface area contributed by atoms with Crippen LogP contribution in [0, 0.1) is 19.8 Å². The largest absolute Gasteiger partial charge is 0.391 e. The van der Waals surface area contributed by atoms with Gasteiger partial charge in [-0.1, -0.05) is 0 Å². The molecule has 0 saturated heterocycles. The average Bonchev–Trinajstić information content (AvgIpc) is 2.81. The molecule has 0 unspecified atom stereocenters. The molecule has 1 saturated carbocycles. The number of guanidine groups is 1. The maximum atomic E-state index is 12.7. The Hall–Kier alpha value is -0.580. The van der Waals surface area contributed by atoms with Crippen LogP contribution in [0.1, 0.15) is 41.3 Å². The molecule has 0 amide bonds. The standard InChI is InChI=1S/C15H23F3N4S.HI/c1-9-13(23-10(2)21-9)8-20-14(19-3)22-12-6-4-11(5-7-12)15(16,17)18;/h11-12H,4-8H2,1-3H3,(H2,19,20,22);1H. The molecule has 0 aliphatic heterocycles. The molecule has 1 aliphatic carbocycles. The zero-order chi connectivity index (χ0) is 17.0. The summed E-state index contributed by atoms with van der Waals surface area (Å²) < 4.78 is 38.1. The summed E-state index contributed by atoms with van der Waals surface area (Å²) in [5, 5.41) is 7.47. The van der Waals surface area contributed by atoms with Gasteiger partial charge >= 0.3 is 6.18 Å². The highest BCUT2D eigenvalue weighted by atomic mass is 127. The summed E-state index contributed by atoms with van der Waals surface area (Å²) in [6.07, 6.45) is -2.66. The minimum Gasteiger partial charge on any atom is -0.354 e. The van der Waals surface area contributed by atoms with Gasteiger partial charge in [-0.25, -0.2) is 4.98 Å². The highest BCUT2D eigenvalue weighted by molar-refractivity contribution is 14.0. The van der Waals surface area contributed by atoms with Gasteiger partial charge in [-0.05, 0) is 39.5 Å². The lowest BCUT2D eigenvalue weighted by atomic mass is 9.85. The molecule has 0 atom stereocenters. The zero-order valence-electron chi connectivity index (χ0n) is 14.0. The number of nitrogens with zero attached hydrogens (tertiary/aromatic N) is 2. The third kappa shape index (κ3) is 6.05. The number of aromatic nitrogens is 1. The molecule has 0 aromatic carbocycles. The van der Waals surface area contributed by atoms with E-state index >= 15 is 0 Å². The van der Waals surface area contributed by atoms with E-state index in [2.05, 4.69) is 20.6 Å². The van der Waals surface area contributed by atoms with E-state index in [1.54, 1.807) is 18.4 Å². The fourth-order valence-electron chi connectivity index (χ4n) is 2.85. The van der Waals surface area contributed by atoms with Gasteiger partial charge in [0.2, 0.25) is 0 Å². The van der Waals surface area contributed by atoms with E-state index in [0.29, 0.717) is 25.3 Å². The highest BCUT2D eigenvalue weighted by Crippen LogP contribution is 2.37. The monoisotopic (exact) mass is 476 g/mol. The van der Waals surface area contributed by atoms with Crippen molar-refractivity contribution < 1.29 is 13.2 Å². The molecule has 1 fully saturated rings. The van der Waals surface area contributed by atoms with Gasteiger partial charge in [0.25, 0.3) is 0 Å². The molecule has 1 heterocycles. The van der Waals surface area contributed by atoms with Gasteiger partial charge in [0.15, 0.2) is 5.96 Å². The van der Waals surface area contributed by atoms with Gasteiger partial charge in [0, 0.05) is 18.0 Å². The van der Waals surface area contributed by atoms with Crippen LogP contribution in [0.4, 0.5) is 13.2 Å². The van der Waals surface area contributed by atoms with E-state index in [4.69, 9.17) is 0 Å². The molecule has 0 radical (unpaired) electrons. The second-order valence-corrected chi connectivity index (χ2v) is 7.19. The van der Waals surface area contributed by atoms with Crippen LogP contribution in [-0.2, 0) is 6.54 Å². The second-order valence-electron chi connectivity index (χ2n) is 5.90. The quantitative estimate of drug-likeness (QED) is 0.392. The van der Waals surface area contributed by atoms with Crippen molar-refractivity contribution >= 4 is 41.3 Å². The predicted octanol–water partition coefficient (Wildman–Crippen LogP) is 4.16. The first-order chi connectivity index (χ1) is 10.8. The highest BCUT2D eigenvalue weighted by Gasteiger charge is 2.41.